The number of nitrogens with zero attached hydrogens (tertiary/aromatic N) is 3. The lowest BCUT2D eigenvalue weighted by Crippen LogP contribution is -2.38. The zero-order valence-electron chi connectivity index (χ0n) is 16.0. The third-order valence-electron chi connectivity index (χ3n) is 4.10. The maximum atomic E-state index is 12.4. The molecular formula is C20H20N4O4S. The van der Waals surface area contributed by atoms with Crippen LogP contribution in [-0.2, 0) is 16.1 Å². The fourth-order valence-electron chi connectivity index (χ4n) is 2.59. The molecule has 2 aromatic carbocycles. The van der Waals surface area contributed by atoms with Gasteiger partial charge in [0.1, 0.15) is 6.54 Å². The highest BCUT2D eigenvalue weighted by Crippen LogP contribution is 2.24. The summed E-state index contributed by atoms with van der Waals surface area (Å²) in [4.78, 5) is 38.9. The van der Waals surface area contributed by atoms with Crippen molar-refractivity contribution >= 4 is 29.3 Å². The van der Waals surface area contributed by atoms with E-state index < -0.39 is 11.7 Å². The van der Waals surface area contributed by atoms with Gasteiger partial charge in [-0.1, -0.05) is 30.3 Å². The van der Waals surface area contributed by atoms with Crippen LogP contribution < -0.4 is 11.1 Å². The molecule has 29 heavy (non-hydrogen) atoms. The lowest BCUT2D eigenvalue weighted by atomic mass is 10.2. The standard InChI is InChI=1S/C20H20N4O4S/c1-23(12-17(25)21-15-10-6-7-11-16(15)29-2)18(26)13-24-20(27)28-19(22-24)14-8-4-3-5-9-14/h3-11H,12-13H2,1-2H3,(H,21,25). The first kappa shape index (κ1) is 20.4. The molecule has 0 saturated carbocycles. The van der Waals surface area contributed by atoms with Gasteiger partial charge in [0.15, 0.2) is 0 Å². The first-order valence-corrected chi connectivity index (χ1v) is 10.0. The van der Waals surface area contributed by atoms with Gasteiger partial charge in [-0.25, -0.2) is 4.79 Å². The van der Waals surface area contributed by atoms with Crippen molar-refractivity contribution in [2.24, 2.45) is 0 Å². The van der Waals surface area contributed by atoms with Crippen LogP contribution in [0.3, 0.4) is 0 Å². The summed E-state index contributed by atoms with van der Waals surface area (Å²) < 4.78 is 6.06. The highest BCUT2D eigenvalue weighted by molar-refractivity contribution is 7.98. The second-order valence-corrected chi connectivity index (χ2v) is 7.04. The Kier molecular flexibility index (Phi) is 6.50. The summed E-state index contributed by atoms with van der Waals surface area (Å²) in [6, 6.07) is 16.3. The lowest BCUT2D eigenvalue weighted by Gasteiger charge is -2.17. The monoisotopic (exact) mass is 412 g/mol. The van der Waals surface area contributed by atoms with Gasteiger partial charge in [-0.05, 0) is 30.5 Å². The lowest BCUT2D eigenvalue weighted by molar-refractivity contribution is -0.134. The maximum Gasteiger partial charge on any atom is 0.437 e. The van der Waals surface area contributed by atoms with Gasteiger partial charge in [0, 0.05) is 17.5 Å². The quantitative estimate of drug-likeness (QED) is 0.598. The molecule has 0 bridgehead atoms. The van der Waals surface area contributed by atoms with Crippen molar-refractivity contribution in [3.8, 4) is 11.5 Å². The number of hydrogen-bond acceptors (Lipinski definition) is 6. The SMILES string of the molecule is CSc1ccccc1NC(=O)CN(C)C(=O)Cn1nc(-c2ccccc2)oc1=O. The van der Waals surface area contributed by atoms with E-state index in [1.165, 1.54) is 23.7 Å². The van der Waals surface area contributed by atoms with Crippen molar-refractivity contribution in [1.29, 1.82) is 0 Å². The molecule has 8 nitrogen and oxygen atoms in total. The van der Waals surface area contributed by atoms with E-state index in [2.05, 4.69) is 10.4 Å². The molecule has 150 valence electrons. The molecule has 2 amide bonds. The summed E-state index contributed by atoms with van der Waals surface area (Å²) in [5, 5.41) is 6.85. The number of benzene rings is 2. The van der Waals surface area contributed by atoms with Crippen LogP contribution in [0.4, 0.5) is 5.69 Å². The Morgan fingerprint density at radius 2 is 1.83 bits per heavy atom. The summed E-state index contributed by atoms with van der Waals surface area (Å²) >= 11 is 1.51. The minimum absolute atomic E-state index is 0.137. The second-order valence-electron chi connectivity index (χ2n) is 6.20. The number of likely N-dealkylation sites (N-methyl/N-ethyl adjacent to an activating group) is 1. The van der Waals surface area contributed by atoms with Crippen molar-refractivity contribution in [1.82, 2.24) is 14.7 Å². The third-order valence-corrected chi connectivity index (χ3v) is 4.90. The summed E-state index contributed by atoms with van der Waals surface area (Å²) in [5.41, 5.74) is 1.32. The molecule has 0 aliphatic rings. The smallest absolute Gasteiger partial charge is 0.388 e. The highest BCUT2D eigenvalue weighted by atomic mass is 32.2. The Labute approximate surface area is 171 Å². The number of thioether (sulfide) groups is 1. The van der Waals surface area contributed by atoms with Crippen molar-refractivity contribution in [2.75, 3.05) is 25.2 Å². The van der Waals surface area contributed by atoms with Crippen molar-refractivity contribution < 1.29 is 14.0 Å². The molecule has 0 atom stereocenters. The van der Waals surface area contributed by atoms with Crippen molar-refractivity contribution in [3.63, 3.8) is 0 Å². The molecular weight excluding hydrogens is 392 g/mol. The average Bonchev–Trinajstić information content (AvgIpc) is 3.09. The topological polar surface area (TPSA) is 97.4 Å². The van der Waals surface area contributed by atoms with E-state index in [1.54, 1.807) is 30.3 Å². The molecule has 3 rings (SSSR count). The molecule has 0 radical (unpaired) electrons. The second kappa shape index (κ2) is 9.24. The Morgan fingerprint density at radius 1 is 1.14 bits per heavy atom. The maximum absolute atomic E-state index is 12.4. The average molecular weight is 412 g/mol. The van der Waals surface area contributed by atoms with E-state index in [-0.39, 0.29) is 24.9 Å². The van der Waals surface area contributed by atoms with Gasteiger partial charge in [0.2, 0.25) is 17.7 Å². The van der Waals surface area contributed by atoms with Crippen molar-refractivity contribution in [3.05, 3.63) is 65.1 Å². The summed E-state index contributed by atoms with van der Waals surface area (Å²) in [7, 11) is 1.49. The first-order chi connectivity index (χ1) is 14.0. The number of para-hydroxylation sites is 1. The summed E-state index contributed by atoms with van der Waals surface area (Å²) in [6.45, 7) is -0.472. The van der Waals surface area contributed by atoms with Crippen molar-refractivity contribution in [2.45, 2.75) is 11.4 Å². The number of amides is 2. The van der Waals surface area contributed by atoms with E-state index in [4.69, 9.17) is 4.42 Å². The normalized spacial score (nSPS) is 10.6. The van der Waals surface area contributed by atoms with Crippen LogP contribution in [0.1, 0.15) is 0 Å². The molecule has 0 fully saturated rings. The molecule has 0 aliphatic carbocycles. The largest absolute Gasteiger partial charge is 0.437 e. The predicted octanol–water partition coefficient (Wildman–Crippen LogP) is 2.32. The van der Waals surface area contributed by atoms with Crippen LogP contribution in [-0.4, -0.2) is 46.3 Å². The van der Waals surface area contributed by atoms with Crippen LogP contribution in [0, 0.1) is 0 Å². The molecule has 1 aromatic heterocycles. The molecule has 3 aromatic rings. The Hall–Kier alpha value is -3.33. The zero-order valence-corrected chi connectivity index (χ0v) is 16.8. The number of anilines is 1. The minimum atomic E-state index is -0.732. The Morgan fingerprint density at radius 3 is 2.55 bits per heavy atom. The Bertz CT molecular complexity index is 1060. The van der Waals surface area contributed by atoms with Crippen LogP contribution in [0.15, 0.2) is 68.7 Å². The molecule has 0 aliphatic heterocycles. The van der Waals surface area contributed by atoms with Crippen LogP contribution in [0.5, 0.6) is 0 Å². The highest BCUT2D eigenvalue weighted by Gasteiger charge is 2.18. The molecule has 9 heteroatoms. The van der Waals surface area contributed by atoms with Gasteiger partial charge >= 0.3 is 5.76 Å². The number of carbonyl (C=O) groups excluding carboxylic acids is 2. The molecule has 0 unspecified atom stereocenters. The predicted molar refractivity (Wildman–Crippen MR) is 111 cm³/mol. The van der Waals surface area contributed by atoms with Gasteiger partial charge in [-0.3, -0.25) is 9.59 Å². The number of hydrogen-bond donors (Lipinski definition) is 1. The van der Waals surface area contributed by atoms with E-state index in [9.17, 15) is 14.4 Å². The number of nitrogens with one attached hydrogen (secondary N) is 1. The van der Waals surface area contributed by atoms with Gasteiger partial charge in [0.05, 0.1) is 12.2 Å². The number of rotatable bonds is 7. The molecule has 1 N–H and O–H groups in total. The van der Waals surface area contributed by atoms with E-state index in [0.29, 0.717) is 11.3 Å². The summed E-state index contributed by atoms with van der Waals surface area (Å²) in [6.07, 6.45) is 1.92. The van der Waals surface area contributed by atoms with Crippen LogP contribution in [0.25, 0.3) is 11.5 Å². The number of aromatic nitrogens is 2. The Balaban J connectivity index is 1.61. The van der Waals surface area contributed by atoms with Gasteiger partial charge in [-0.2, -0.15) is 4.68 Å². The third kappa shape index (κ3) is 5.14. The molecule has 0 spiro atoms. The van der Waals surface area contributed by atoms with E-state index in [0.717, 1.165) is 9.58 Å². The first-order valence-electron chi connectivity index (χ1n) is 8.78. The van der Waals surface area contributed by atoms with Crippen LogP contribution >= 0.6 is 11.8 Å². The van der Waals surface area contributed by atoms with Gasteiger partial charge < -0.3 is 14.6 Å². The summed E-state index contributed by atoms with van der Waals surface area (Å²) in [5.74, 6) is -1.37. The molecule has 1 heterocycles. The van der Waals surface area contributed by atoms with Gasteiger partial charge in [-0.15, -0.1) is 16.9 Å². The number of carbonyl (C=O) groups is 2. The fourth-order valence-corrected chi connectivity index (χ4v) is 3.15. The van der Waals surface area contributed by atoms with Crippen LogP contribution in [0.2, 0.25) is 0 Å². The van der Waals surface area contributed by atoms with E-state index in [1.807, 2.05) is 30.5 Å². The molecule has 0 saturated heterocycles. The van der Waals surface area contributed by atoms with E-state index >= 15 is 0 Å². The minimum Gasteiger partial charge on any atom is -0.388 e. The van der Waals surface area contributed by atoms with Gasteiger partial charge in [0.25, 0.3) is 0 Å². The fraction of sp³-hybridized carbons (Fsp3) is 0.200. The zero-order chi connectivity index (χ0) is 20.8.